The number of halogens is 3. The van der Waals surface area contributed by atoms with Crippen molar-refractivity contribution in [2.75, 3.05) is 20.3 Å². The van der Waals surface area contributed by atoms with Gasteiger partial charge in [0.05, 0.1) is 30.3 Å². The Kier molecular flexibility index (Phi) is 13.3. The lowest BCUT2D eigenvalue weighted by molar-refractivity contribution is -0.163. The number of carbonyl (C=O) groups excluding carboxylic acids is 2. The highest BCUT2D eigenvalue weighted by atomic mass is 32.2. The van der Waals surface area contributed by atoms with Gasteiger partial charge in [-0.2, -0.15) is 17.5 Å². The van der Waals surface area contributed by atoms with Gasteiger partial charge in [-0.05, 0) is 64.6 Å². The molecule has 2 amide bonds. The number of hydrogen-bond acceptors (Lipinski definition) is 10. The number of rotatable bonds is 15. The molecule has 5 rings (SSSR count). The van der Waals surface area contributed by atoms with E-state index < -0.39 is 58.9 Å². The van der Waals surface area contributed by atoms with Gasteiger partial charge in [-0.1, -0.05) is 81.4 Å². The fourth-order valence-corrected chi connectivity index (χ4v) is 8.87. The van der Waals surface area contributed by atoms with E-state index in [2.05, 4.69) is 26.0 Å². The molecule has 0 aliphatic heterocycles. The molecule has 5 aromatic rings. The highest BCUT2D eigenvalue weighted by molar-refractivity contribution is 7.89. The smallest absolute Gasteiger partial charge is 0.413 e. The average Bonchev–Trinajstić information content (AvgIpc) is 3.89. The van der Waals surface area contributed by atoms with E-state index in [4.69, 9.17) is 4.74 Å². The van der Waals surface area contributed by atoms with E-state index in [0.717, 1.165) is 17.5 Å². The second kappa shape index (κ2) is 17.7. The molecule has 2 heterocycles. The van der Waals surface area contributed by atoms with Gasteiger partial charge in [0.15, 0.2) is 12.4 Å². The van der Waals surface area contributed by atoms with E-state index >= 15 is 0 Å². The van der Waals surface area contributed by atoms with Crippen molar-refractivity contribution in [3.05, 3.63) is 124 Å². The largest absolute Gasteiger partial charge is 0.453 e. The molecule has 0 radical (unpaired) electrons. The summed E-state index contributed by atoms with van der Waals surface area (Å²) in [6, 6.07) is 19.8. The van der Waals surface area contributed by atoms with Crippen LogP contribution in [-0.4, -0.2) is 82.5 Å². The SMILES string of the molecule is COC(=O)N[C@H](C(=O)N[C@@H](c1ccc([C@@H](CO)N(CCC(C)(C)C)S(=O)(=O)c2ccc(-n3ncnn3)cc2)s1)C(F)(F)F)C(c1ccccc1)c1ccccc1. The van der Waals surface area contributed by atoms with E-state index in [1.54, 1.807) is 60.7 Å². The van der Waals surface area contributed by atoms with Crippen molar-refractivity contribution in [3.8, 4) is 5.69 Å². The first-order valence-corrected chi connectivity index (χ1v) is 19.7. The van der Waals surface area contributed by atoms with Crippen LogP contribution in [0.5, 0.6) is 0 Å². The molecular formula is C38H42F3N7O6S2. The van der Waals surface area contributed by atoms with Crippen molar-refractivity contribution < 1.29 is 41.0 Å². The van der Waals surface area contributed by atoms with E-state index in [0.29, 0.717) is 34.6 Å². The van der Waals surface area contributed by atoms with Crippen molar-refractivity contribution in [2.45, 2.75) is 62.3 Å². The monoisotopic (exact) mass is 813 g/mol. The van der Waals surface area contributed by atoms with Gasteiger partial charge in [0.1, 0.15) is 6.04 Å². The topological polar surface area (TPSA) is 169 Å². The quantitative estimate of drug-likeness (QED) is 0.112. The predicted molar refractivity (Wildman–Crippen MR) is 202 cm³/mol. The van der Waals surface area contributed by atoms with Crippen LogP contribution in [-0.2, 0) is 19.6 Å². The Labute approximate surface area is 326 Å². The number of nitrogens with zero attached hydrogens (tertiary/aromatic N) is 5. The first-order valence-electron chi connectivity index (χ1n) is 17.4. The molecule has 13 nitrogen and oxygen atoms in total. The van der Waals surface area contributed by atoms with E-state index in [9.17, 15) is 36.3 Å². The van der Waals surface area contributed by atoms with Gasteiger partial charge in [-0.3, -0.25) is 4.79 Å². The van der Waals surface area contributed by atoms with Gasteiger partial charge in [0, 0.05) is 22.2 Å². The fraction of sp³-hybridized carbons (Fsp3) is 0.342. The summed E-state index contributed by atoms with van der Waals surface area (Å²) in [7, 11) is -3.27. The van der Waals surface area contributed by atoms with Crippen molar-refractivity contribution in [1.29, 1.82) is 0 Å². The molecule has 3 atom stereocenters. The average molecular weight is 814 g/mol. The number of tetrazole rings is 1. The minimum absolute atomic E-state index is 0.0721. The maximum absolute atomic E-state index is 15.0. The molecule has 3 N–H and O–H groups in total. The molecule has 298 valence electrons. The number of aliphatic hydroxyl groups excluding tert-OH is 1. The summed E-state index contributed by atoms with van der Waals surface area (Å²) in [6.07, 6.45) is -4.49. The Balaban J connectivity index is 1.50. The van der Waals surface area contributed by atoms with Crippen molar-refractivity contribution >= 4 is 33.4 Å². The summed E-state index contributed by atoms with van der Waals surface area (Å²) in [5, 5.41) is 26.6. The second-order valence-electron chi connectivity index (χ2n) is 14.0. The molecule has 3 aromatic carbocycles. The summed E-state index contributed by atoms with van der Waals surface area (Å²) in [4.78, 5) is 27.5. The molecule has 0 aliphatic rings. The number of thiophene rings is 1. The van der Waals surface area contributed by atoms with Gasteiger partial charge < -0.3 is 20.5 Å². The molecule has 0 saturated carbocycles. The highest BCUT2D eigenvalue weighted by Crippen LogP contribution is 2.41. The van der Waals surface area contributed by atoms with Crippen LogP contribution in [0.3, 0.4) is 0 Å². The lowest BCUT2D eigenvalue weighted by atomic mass is 9.84. The molecule has 2 aromatic heterocycles. The van der Waals surface area contributed by atoms with Crippen LogP contribution in [0.2, 0.25) is 0 Å². The summed E-state index contributed by atoms with van der Waals surface area (Å²) in [5.41, 5.74) is 1.18. The van der Waals surface area contributed by atoms with Gasteiger partial charge in [-0.25, -0.2) is 13.2 Å². The van der Waals surface area contributed by atoms with Crippen molar-refractivity contribution in [3.63, 3.8) is 0 Å². The zero-order chi connectivity index (χ0) is 40.7. The lowest BCUT2D eigenvalue weighted by Gasteiger charge is -2.32. The predicted octanol–water partition coefficient (Wildman–Crippen LogP) is 6.16. The zero-order valence-corrected chi connectivity index (χ0v) is 32.6. The third-order valence-electron chi connectivity index (χ3n) is 8.89. The summed E-state index contributed by atoms with van der Waals surface area (Å²) in [5.74, 6) is -2.07. The number of amides is 2. The van der Waals surface area contributed by atoms with Crippen LogP contribution >= 0.6 is 11.3 Å². The fourth-order valence-electron chi connectivity index (χ4n) is 6.02. The maximum atomic E-state index is 15.0. The normalized spacial score (nSPS) is 14.0. The molecule has 18 heteroatoms. The number of alkyl halides is 3. The number of benzene rings is 3. The summed E-state index contributed by atoms with van der Waals surface area (Å²) >= 11 is 0.608. The molecule has 0 unspecified atom stereocenters. The number of sulfonamides is 1. The van der Waals surface area contributed by atoms with Crippen molar-refractivity contribution in [2.24, 2.45) is 5.41 Å². The Morgan fingerprint density at radius 3 is 1.98 bits per heavy atom. The number of alkyl carbamates (subject to hydrolysis) is 1. The Morgan fingerprint density at radius 1 is 0.893 bits per heavy atom. The van der Waals surface area contributed by atoms with Crippen LogP contribution in [0.4, 0.5) is 18.0 Å². The van der Waals surface area contributed by atoms with Gasteiger partial charge in [0.2, 0.25) is 15.9 Å². The molecule has 0 bridgehead atoms. The Bertz CT molecular complexity index is 2110. The Hall–Kier alpha value is -5.17. The first-order chi connectivity index (χ1) is 26.5. The second-order valence-corrected chi connectivity index (χ2v) is 17.0. The number of methoxy groups -OCH3 is 1. The van der Waals surface area contributed by atoms with Crippen LogP contribution in [0.15, 0.2) is 108 Å². The summed E-state index contributed by atoms with van der Waals surface area (Å²) in [6.45, 7) is 4.90. The number of nitrogens with one attached hydrogen (secondary N) is 2. The number of hydrogen-bond donors (Lipinski definition) is 3. The molecule has 0 saturated heterocycles. The number of carbonyl (C=O) groups is 2. The molecule has 0 fully saturated rings. The Morgan fingerprint density at radius 2 is 1.48 bits per heavy atom. The minimum Gasteiger partial charge on any atom is -0.453 e. The number of ether oxygens (including phenoxy) is 1. The lowest BCUT2D eigenvalue weighted by Crippen LogP contribution is -2.52. The highest BCUT2D eigenvalue weighted by Gasteiger charge is 2.46. The van der Waals surface area contributed by atoms with Gasteiger partial charge in [0.25, 0.3) is 0 Å². The van der Waals surface area contributed by atoms with Crippen LogP contribution in [0.1, 0.15) is 66.1 Å². The zero-order valence-electron chi connectivity index (χ0n) is 30.9. The minimum atomic E-state index is -5.03. The van der Waals surface area contributed by atoms with Crippen LogP contribution in [0, 0.1) is 5.41 Å². The van der Waals surface area contributed by atoms with E-state index in [-0.39, 0.29) is 26.6 Å². The summed E-state index contributed by atoms with van der Waals surface area (Å²) < 4.78 is 79.2. The van der Waals surface area contributed by atoms with Crippen LogP contribution in [0.25, 0.3) is 5.69 Å². The van der Waals surface area contributed by atoms with Crippen molar-refractivity contribution in [1.82, 2.24) is 35.1 Å². The number of aliphatic hydroxyl groups is 1. The van der Waals surface area contributed by atoms with Gasteiger partial charge in [-0.15, -0.1) is 26.3 Å². The van der Waals surface area contributed by atoms with E-state index in [1.165, 1.54) is 41.5 Å². The third kappa shape index (κ3) is 10.2. The maximum Gasteiger partial charge on any atom is 0.413 e. The van der Waals surface area contributed by atoms with Crippen LogP contribution < -0.4 is 10.6 Å². The molecule has 56 heavy (non-hydrogen) atoms. The van der Waals surface area contributed by atoms with E-state index in [1.807, 2.05) is 20.8 Å². The standard InChI is InChI=1S/C38H42F3N7O6S2/c1-37(2,3)21-22-47(56(52,53)28-17-15-27(16-18-28)48-43-24-42-46-48)29(23-49)30-19-20-31(55-30)34(38(39,40)41)45-35(50)33(44-36(51)54-4)32(25-11-7-5-8-12-25)26-13-9-6-10-14-26/h5-20,24,29,32-34,49H,21-23H2,1-4H3,(H,44,51)(H,45,50)/t29-,33+,34+/m1/s1. The molecule has 0 spiro atoms. The molecule has 0 aliphatic carbocycles. The molecular weight excluding hydrogens is 772 g/mol. The van der Waals surface area contributed by atoms with Gasteiger partial charge >= 0.3 is 12.3 Å². The number of aromatic nitrogens is 4. The third-order valence-corrected chi connectivity index (χ3v) is 12.1. The first kappa shape index (κ1) is 42.0.